The molecule has 0 spiro atoms. The molecule has 0 radical (unpaired) electrons. The summed E-state index contributed by atoms with van der Waals surface area (Å²) in [5, 5.41) is 11.6. The van der Waals surface area contributed by atoms with Crippen LogP contribution in [0.15, 0.2) is 36.4 Å². The van der Waals surface area contributed by atoms with Crippen molar-refractivity contribution in [3.05, 3.63) is 42.0 Å². The second-order valence-electron chi connectivity index (χ2n) is 3.54. The minimum atomic E-state index is -0.355. The quantitative estimate of drug-likeness (QED) is 0.783. The SMILES string of the molecule is COC(=O)Cc1c(O)ccc2ccccc12. The molecule has 2 rings (SSSR count). The minimum Gasteiger partial charge on any atom is -0.508 e. The number of esters is 1. The van der Waals surface area contributed by atoms with E-state index in [0.717, 1.165) is 10.8 Å². The molecule has 2 aromatic carbocycles. The lowest BCUT2D eigenvalue weighted by Crippen LogP contribution is -2.05. The predicted octanol–water partition coefficient (Wildman–Crippen LogP) is 2.26. The monoisotopic (exact) mass is 216 g/mol. The Bertz CT molecular complexity index is 532. The van der Waals surface area contributed by atoms with E-state index in [4.69, 9.17) is 0 Å². The maximum atomic E-state index is 11.2. The van der Waals surface area contributed by atoms with Crippen molar-refractivity contribution >= 4 is 16.7 Å². The summed E-state index contributed by atoms with van der Waals surface area (Å²) in [5.41, 5.74) is 0.616. The highest BCUT2D eigenvalue weighted by Crippen LogP contribution is 2.27. The molecule has 3 heteroatoms. The normalized spacial score (nSPS) is 10.3. The van der Waals surface area contributed by atoms with Crippen molar-refractivity contribution in [2.75, 3.05) is 7.11 Å². The van der Waals surface area contributed by atoms with Crippen LogP contribution in [0.2, 0.25) is 0 Å². The average Bonchev–Trinajstić information content (AvgIpc) is 2.32. The van der Waals surface area contributed by atoms with Gasteiger partial charge >= 0.3 is 5.97 Å². The first kappa shape index (κ1) is 10.5. The molecule has 0 aliphatic heterocycles. The number of hydrogen-bond acceptors (Lipinski definition) is 3. The highest BCUT2D eigenvalue weighted by molar-refractivity contribution is 5.90. The van der Waals surface area contributed by atoms with E-state index in [2.05, 4.69) is 4.74 Å². The van der Waals surface area contributed by atoms with Crippen molar-refractivity contribution in [2.24, 2.45) is 0 Å². The molecule has 0 saturated heterocycles. The molecule has 0 aliphatic carbocycles. The summed E-state index contributed by atoms with van der Waals surface area (Å²) in [6.07, 6.45) is 0.0870. The van der Waals surface area contributed by atoms with E-state index >= 15 is 0 Å². The van der Waals surface area contributed by atoms with E-state index in [1.807, 2.05) is 30.3 Å². The molecule has 0 saturated carbocycles. The molecule has 3 nitrogen and oxygen atoms in total. The van der Waals surface area contributed by atoms with Crippen molar-refractivity contribution in [3.63, 3.8) is 0 Å². The molecule has 82 valence electrons. The van der Waals surface area contributed by atoms with Gasteiger partial charge in [0, 0.05) is 5.56 Å². The fourth-order valence-corrected chi connectivity index (χ4v) is 1.73. The Balaban J connectivity index is 2.57. The number of fused-ring (bicyclic) bond motifs is 1. The zero-order chi connectivity index (χ0) is 11.5. The van der Waals surface area contributed by atoms with Crippen LogP contribution in [0, 0.1) is 0 Å². The zero-order valence-corrected chi connectivity index (χ0v) is 8.93. The second kappa shape index (κ2) is 4.23. The summed E-state index contributed by atoms with van der Waals surface area (Å²) < 4.78 is 4.61. The first-order valence-corrected chi connectivity index (χ1v) is 4.99. The summed E-state index contributed by atoms with van der Waals surface area (Å²) in [7, 11) is 1.34. The van der Waals surface area contributed by atoms with Gasteiger partial charge in [0.25, 0.3) is 0 Å². The van der Waals surface area contributed by atoms with E-state index in [-0.39, 0.29) is 18.1 Å². The topological polar surface area (TPSA) is 46.5 Å². The van der Waals surface area contributed by atoms with Gasteiger partial charge < -0.3 is 9.84 Å². The van der Waals surface area contributed by atoms with Crippen LogP contribution in [0.1, 0.15) is 5.56 Å². The number of hydrogen-bond donors (Lipinski definition) is 1. The van der Waals surface area contributed by atoms with E-state index < -0.39 is 0 Å². The van der Waals surface area contributed by atoms with Gasteiger partial charge in [-0.15, -0.1) is 0 Å². The molecule has 0 amide bonds. The molecule has 0 bridgehead atoms. The van der Waals surface area contributed by atoms with Gasteiger partial charge in [-0.25, -0.2) is 0 Å². The number of ether oxygens (including phenoxy) is 1. The van der Waals surface area contributed by atoms with Crippen LogP contribution in [0.25, 0.3) is 10.8 Å². The summed E-state index contributed by atoms with van der Waals surface area (Å²) in [6.45, 7) is 0. The molecule has 0 aliphatic rings. The molecular formula is C13H12O3. The molecule has 0 heterocycles. The number of benzene rings is 2. The van der Waals surface area contributed by atoms with Gasteiger partial charge in [0.2, 0.25) is 0 Å². The molecule has 2 aromatic rings. The molecule has 0 atom stereocenters. The number of phenolic OH excluding ortho intramolecular Hbond substituents is 1. The molecule has 0 unspecified atom stereocenters. The number of carbonyl (C=O) groups is 1. The van der Waals surface area contributed by atoms with Crippen molar-refractivity contribution in [1.82, 2.24) is 0 Å². The van der Waals surface area contributed by atoms with Gasteiger partial charge in [-0.1, -0.05) is 30.3 Å². The number of carbonyl (C=O) groups excluding carboxylic acids is 1. The Morgan fingerprint density at radius 3 is 2.75 bits per heavy atom. The minimum absolute atomic E-state index is 0.0870. The maximum absolute atomic E-state index is 11.2. The Morgan fingerprint density at radius 2 is 2.00 bits per heavy atom. The predicted molar refractivity (Wildman–Crippen MR) is 61.3 cm³/mol. The highest BCUT2D eigenvalue weighted by Gasteiger charge is 2.11. The smallest absolute Gasteiger partial charge is 0.310 e. The lowest BCUT2D eigenvalue weighted by molar-refractivity contribution is -0.139. The van der Waals surface area contributed by atoms with Crippen molar-refractivity contribution in [1.29, 1.82) is 0 Å². The van der Waals surface area contributed by atoms with E-state index in [9.17, 15) is 9.90 Å². The van der Waals surface area contributed by atoms with Crippen molar-refractivity contribution < 1.29 is 14.6 Å². The molecule has 16 heavy (non-hydrogen) atoms. The Kier molecular flexibility index (Phi) is 2.77. The lowest BCUT2D eigenvalue weighted by atomic mass is 10.0. The number of rotatable bonds is 2. The van der Waals surface area contributed by atoms with Crippen LogP contribution in [-0.2, 0) is 16.0 Å². The number of methoxy groups -OCH3 is 1. The third-order valence-corrected chi connectivity index (χ3v) is 2.56. The first-order chi connectivity index (χ1) is 7.72. The third kappa shape index (κ3) is 1.84. The number of aromatic hydroxyl groups is 1. The lowest BCUT2D eigenvalue weighted by Gasteiger charge is -2.07. The maximum Gasteiger partial charge on any atom is 0.310 e. The van der Waals surface area contributed by atoms with Crippen LogP contribution >= 0.6 is 0 Å². The molecular weight excluding hydrogens is 204 g/mol. The summed E-state index contributed by atoms with van der Waals surface area (Å²) in [5.74, 6) is -0.226. The Hall–Kier alpha value is -2.03. The van der Waals surface area contributed by atoms with E-state index in [1.165, 1.54) is 7.11 Å². The Morgan fingerprint density at radius 1 is 1.25 bits per heavy atom. The standard InChI is InChI=1S/C13H12O3/c1-16-13(15)8-11-10-5-3-2-4-9(10)6-7-12(11)14/h2-7,14H,8H2,1H3. The highest BCUT2D eigenvalue weighted by atomic mass is 16.5. The number of phenols is 1. The largest absolute Gasteiger partial charge is 0.508 e. The van der Waals surface area contributed by atoms with Gasteiger partial charge in [0.05, 0.1) is 13.5 Å². The molecule has 1 N–H and O–H groups in total. The van der Waals surface area contributed by atoms with Crippen molar-refractivity contribution in [2.45, 2.75) is 6.42 Å². The summed E-state index contributed by atoms with van der Waals surface area (Å²) >= 11 is 0. The van der Waals surface area contributed by atoms with Gasteiger partial charge in [0.15, 0.2) is 0 Å². The van der Waals surface area contributed by atoms with Crippen LogP contribution in [0.3, 0.4) is 0 Å². The van der Waals surface area contributed by atoms with Gasteiger partial charge in [-0.05, 0) is 16.8 Å². The van der Waals surface area contributed by atoms with Crippen LogP contribution < -0.4 is 0 Å². The first-order valence-electron chi connectivity index (χ1n) is 4.99. The summed E-state index contributed by atoms with van der Waals surface area (Å²) in [6, 6.07) is 11.0. The summed E-state index contributed by atoms with van der Waals surface area (Å²) in [4.78, 5) is 11.2. The zero-order valence-electron chi connectivity index (χ0n) is 8.93. The van der Waals surface area contributed by atoms with E-state index in [0.29, 0.717) is 5.56 Å². The molecule has 0 fully saturated rings. The van der Waals surface area contributed by atoms with Gasteiger partial charge in [-0.3, -0.25) is 4.79 Å². The van der Waals surface area contributed by atoms with Gasteiger partial charge in [0.1, 0.15) is 5.75 Å². The van der Waals surface area contributed by atoms with Crippen molar-refractivity contribution in [3.8, 4) is 5.75 Å². The molecule has 0 aromatic heterocycles. The third-order valence-electron chi connectivity index (χ3n) is 2.56. The second-order valence-corrected chi connectivity index (χ2v) is 3.54. The van der Waals surface area contributed by atoms with E-state index in [1.54, 1.807) is 6.07 Å². The van der Waals surface area contributed by atoms with Crippen LogP contribution in [-0.4, -0.2) is 18.2 Å². The Labute approximate surface area is 93.3 Å². The average molecular weight is 216 g/mol. The van der Waals surface area contributed by atoms with Gasteiger partial charge in [-0.2, -0.15) is 0 Å². The fraction of sp³-hybridized carbons (Fsp3) is 0.154. The van der Waals surface area contributed by atoms with Crippen LogP contribution in [0.4, 0.5) is 0 Å². The fourth-order valence-electron chi connectivity index (χ4n) is 1.73. The van der Waals surface area contributed by atoms with Crippen LogP contribution in [0.5, 0.6) is 5.75 Å².